The number of primary amides is 1. The minimum Gasteiger partial charge on any atom is -0.511 e. The normalized spacial score (nSPS) is 28.8. The number of carbonyl (C=O) groups excluding carboxylic acids is 3. The van der Waals surface area contributed by atoms with Crippen molar-refractivity contribution in [1.82, 2.24) is 0 Å². The summed E-state index contributed by atoms with van der Waals surface area (Å²) in [7, 11) is 0. The summed E-state index contributed by atoms with van der Waals surface area (Å²) in [5.41, 5.74) is 6.36. The van der Waals surface area contributed by atoms with Gasteiger partial charge in [0.25, 0.3) is 5.91 Å². The number of fused-ring (bicyclic) bond motifs is 3. The summed E-state index contributed by atoms with van der Waals surface area (Å²) in [6.07, 6.45) is 0.981. The highest BCUT2D eigenvalue weighted by atomic mass is 16.3. The molecule has 7 heteroatoms. The average Bonchev–Trinajstić information content (AvgIpc) is 2.64. The highest BCUT2D eigenvalue weighted by Gasteiger charge is 2.51. The number of hydrogen-bond acceptors (Lipinski definition) is 6. The number of aryl methyl sites for hydroxylation is 1. The molecule has 0 radical (unpaired) electrons. The molecule has 0 aromatic heterocycles. The van der Waals surface area contributed by atoms with Gasteiger partial charge in [0.2, 0.25) is 0 Å². The van der Waals surface area contributed by atoms with E-state index in [0.717, 1.165) is 0 Å². The number of phenolic OH excluding ortho intramolecular Hbond substituents is 1. The van der Waals surface area contributed by atoms with Crippen LogP contribution in [0.1, 0.15) is 54.1 Å². The molecule has 4 atom stereocenters. The summed E-state index contributed by atoms with van der Waals surface area (Å²) in [6, 6.07) is 3.64. The molecule has 7 nitrogen and oxygen atoms in total. The molecular weight excluding hydrogens is 374 g/mol. The number of aromatic hydroxyl groups is 1. The van der Waals surface area contributed by atoms with Gasteiger partial charge in [-0.25, -0.2) is 0 Å². The summed E-state index contributed by atoms with van der Waals surface area (Å²) in [5.74, 6) is -5.15. The van der Waals surface area contributed by atoms with Gasteiger partial charge in [0.15, 0.2) is 11.6 Å². The van der Waals surface area contributed by atoms with Crippen LogP contribution in [0.4, 0.5) is 0 Å². The Hall–Kier alpha value is -3.09. The fraction of sp³-hybridized carbons (Fsp3) is 0.409. The predicted molar refractivity (Wildman–Crippen MR) is 103 cm³/mol. The molecule has 3 aliphatic carbocycles. The molecule has 0 spiro atoms. The maximum atomic E-state index is 13.3. The Morgan fingerprint density at radius 3 is 2.52 bits per heavy atom. The fourth-order valence-electron chi connectivity index (χ4n) is 5.26. The Morgan fingerprint density at radius 2 is 1.90 bits per heavy atom. The Balaban J connectivity index is 1.89. The van der Waals surface area contributed by atoms with E-state index in [-0.39, 0.29) is 46.7 Å². The number of carbonyl (C=O) groups is 3. The minimum absolute atomic E-state index is 0.0380. The number of rotatable bonds is 2. The molecule has 0 saturated carbocycles. The van der Waals surface area contributed by atoms with Crippen LogP contribution in [0, 0.1) is 17.8 Å². The molecule has 29 heavy (non-hydrogen) atoms. The maximum absolute atomic E-state index is 13.3. The Morgan fingerprint density at radius 1 is 1.21 bits per heavy atom. The van der Waals surface area contributed by atoms with Crippen molar-refractivity contribution in [3.63, 3.8) is 0 Å². The zero-order valence-electron chi connectivity index (χ0n) is 16.2. The van der Waals surface area contributed by atoms with Gasteiger partial charge in [0.05, 0.1) is 11.5 Å². The molecule has 3 unspecified atom stereocenters. The first-order valence-corrected chi connectivity index (χ1v) is 9.77. The molecule has 0 aliphatic heterocycles. The van der Waals surface area contributed by atoms with Gasteiger partial charge in [0, 0.05) is 12.0 Å². The summed E-state index contributed by atoms with van der Waals surface area (Å²) in [4.78, 5) is 37.8. The molecule has 0 fully saturated rings. The van der Waals surface area contributed by atoms with E-state index in [0.29, 0.717) is 24.0 Å². The van der Waals surface area contributed by atoms with Crippen LogP contribution in [0.25, 0.3) is 0 Å². The summed E-state index contributed by atoms with van der Waals surface area (Å²) >= 11 is 0. The summed E-state index contributed by atoms with van der Waals surface area (Å²) in [6.45, 7) is 3.79. The van der Waals surface area contributed by atoms with Crippen molar-refractivity contribution in [2.45, 2.75) is 39.0 Å². The number of nitrogens with two attached hydrogens (primary N) is 1. The van der Waals surface area contributed by atoms with E-state index in [1.54, 1.807) is 6.07 Å². The standard InChI is InChI=1S/C22H23NO6/c1-3-9-4-5-11-8(2)12-6-10-7-13(24)17(22(23)29)20(27)14(10)19(26)16(12)21(28)15(11)18(9)25/h4-5,8,10,12,14,24-26H,3,6-7H2,1-2H3,(H2,23,29)/t8-,10?,12?,14?/m0/s1. The van der Waals surface area contributed by atoms with Crippen LogP contribution in [0.2, 0.25) is 0 Å². The second-order valence-corrected chi connectivity index (χ2v) is 8.14. The molecule has 152 valence electrons. The van der Waals surface area contributed by atoms with Crippen molar-refractivity contribution in [3.05, 3.63) is 51.5 Å². The van der Waals surface area contributed by atoms with Crippen molar-refractivity contribution in [2.24, 2.45) is 23.5 Å². The van der Waals surface area contributed by atoms with E-state index in [2.05, 4.69) is 0 Å². The first-order chi connectivity index (χ1) is 13.7. The lowest BCUT2D eigenvalue weighted by Crippen LogP contribution is -2.44. The van der Waals surface area contributed by atoms with Gasteiger partial charge < -0.3 is 21.1 Å². The Kier molecular flexibility index (Phi) is 4.29. The van der Waals surface area contributed by atoms with Gasteiger partial charge in [0.1, 0.15) is 22.8 Å². The number of ketones is 2. The van der Waals surface area contributed by atoms with Crippen LogP contribution < -0.4 is 5.73 Å². The zero-order valence-corrected chi connectivity index (χ0v) is 16.2. The molecule has 0 saturated heterocycles. The van der Waals surface area contributed by atoms with Gasteiger partial charge >= 0.3 is 0 Å². The minimum atomic E-state index is -1.09. The number of hydrogen-bond donors (Lipinski definition) is 4. The van der Waals surface area contributed by atoms with Crippen molar-refractivity contribution in [1.29, 1.82) is 0 Å². The van der Waals surface area contributed by atoms with Crippen molar-refractivity contribution < 1.29 is 29.7 Å². The van der Waals surface area contributed by atoms with Crippen molar-refractivity contribution in [2.75, 3.05) is 0 Å². The molecule has 1 aromatic carbocycles. The van der Waals surface area contributed by atoms with Crippen LogP contribution in [0.3, 0.4) is 0 Å². The van der Waals surface area contributed by atoms with Gasteiger partial charge in [-0.1, -0.05) is 26.0 Å². The van der Waals surface area contributed by atoms with E-state index in [9.17, 15) is 29.7 Å². The molecule has 3 aliphatic rings. The number of phenols is 1. The smallest absolute Gasteiger partial charge is 0.255 e. The van der Waals surface area contributed by atoms with Crippen LogP contribution >= 0.6 is 0 Å². The number of amides is 1. The average molecular weight is 397 g/mol. The predicted octanol–water partition coefficient (Wildman–Crippen LogP) is 2.59. The summed E-state index contributed by atoms with van der Waals surface area (Å²) in [5, 5.41) is 31.8. The van der Waals surface area contributed by atoms with E-state index >= 15 is 0 Å². The van der Waals surface area contributed by atoms with E-state index in [4.69, 9.17) is 5.73 Å². The van der Waals surface area contributed by atoms with E-state index in [1.807, 2.05) is 19.9 Å². The van der Waals surface area contributed by atoms with Gasteiger partial charge in [-0.2, -0.15) is 0 Å². The second-order valence-electron chi connectivity index (χ2n) is 8.14. The number of Topliss-reactive ketones (excluding diaryl/α,β-unsaturated/α-hetero) is 2. The van der Waals surface area contributed by atoms with Crippen LogP contribution in [0.15, 0.2) is 34.8 Å². The largest absolute Gasteiger partial charge is 0.511 e. The van der Waals surface area contributed by atoms with E-state index in [1.165, 1.54) is 0 Å². The number of aliphatic hydroxyl groups excluding tert-OH is 2. The second kappa shape index (κ2) is 6.47. The Labute approximate surface area is 167 Å². The monoisotopic (exact) mass is 397 g/mol. The number of aliphatic hydroxyl groups is 2. The molecular formula is C22H23NO6. The quantitative estimate of drug-likeness (QED) is 0.566. The molecule has 4 rings (SSSR count). The topological polar surface area (TPSA) is 138 Å². The lowest BCUT2D eigenvalue weighted by atomic mass is 9.59. The van der Waals surface area contributed by atoms with Crippen LogP contribution in [0.5, 0.6) is 5.75 Å². The molecule has 1 aromatic rings. The third kappa shape index (κ3) is 2.53. The zero-order chi connectivity index (χ0) is 21.2. The first-order valence-electron chi connectivity index (χ1n) is 9.77. The first kappa shape index (κ1) is 19.2. The molecule has 1 amide bonds. The van der Waals surface area contributed by atoms with E-state index < -0.39 is 34.9 Å². The SMILES string of the molecule is CCc1ccc2c(c1O)C(=O)C1=C(O)C3C(=O)C(C(N)=O)=C(O)CC3CC1[C@H]2C. The molecule has 0 heterocycles. The summed E-state index contributed by atoms with van der Waals surface area (Å²) < 4.78 is 0. The third-order valence-corrected chi connectivity index (χ3v) is 6.73. The fourth-order valence-corrected chi connectivity index (χ4v) is 5.26. The number of allylic oxidation sites excluding steroid dienone is 3. The lowest BCUT2D eigenvalue weighted by Gasteiger charge is -2.43. The van der Waals surface area contributed by atoms with Crippen molar-refractivity contribution in [3.8, 4) is 5.75 Å². The van der Waals surface area contributed by atoms with Gasteiger partial charge in [-0.05, 0) is 41.7 Å². The third-order valence-electron chi connectivity index (χ3n) is 6.73. The Bertz CT molecular complexity index is 1030. The maximum Gasteiger partial charge on any atom is 0.255 e. The lowest BCUT2D eigenvalue weighted by molar-refractivity contribution is -0.126. The molecule has 5 N–H and O–H groups in total. The van der Waals surface area contributed by atoms with Gasteiger partial charge in [-0.15, -0.1) is 0 Å². The van der Waals surface area contributed by atoms with Gasteiger partial charge in [-0.3, -0.25) is 14.4 Å². The highest BCUT2D eigenvalue weighted by molar-refractivity contribution is 6.22. The van der Waals surface area contributed by atoms with Crippen LogP contribution in [-0.2, 0) is 16.0 Å². The van der Waals surface area contributed by atoms with Crippen LogP contribution in [-0.4, -0.2) is 32.8 Å². The van der Waals surface area contributed by atoms with Crippen molar-refractivity contribution >= 4 is 17.5 Å². The molecule has 0 bridgehead atoms. The number of benzene rings is 1. The highest BCUT2D eigenvalue weighted by Crippen LogP contribution is 2.53.